The zero-order valence-corrected chi connectivity index (χ0v) is 20.1. The van der Waals surface area contributed by atoms with Crippen molar-refractivity contribution in [1.29, 1.82) is 0 Å². The number of rotatable bonds is 6. The summed E-state index contributed by atoms with van der Waals surface area (Å²) in [6, 6.07) is 17.0. The molecule has 0 spiro atoms. The van der Waals surface area contributed by atoms with Crippen LogP contribution in [0.2, 0.25) is 0 Å². The van der Waals surface area contributed by atoms with Crippen LogP contribution in [-0.2, 0) is 9.57 Å². The Balaban J connectivity index is 0.00000181. The molecule has 1 aliphatic heterocycles. The molecule has 32 heavy (non-hydrogen) atoms. The Kier molecular flexibility index (Phi) is 9.82. The second-order valence-electron chi connectivity index (χ2n) is 7.74. The third kappa shape index (κ3) is 5.55. The summed E-state index contributed by atoms with van der Waals surface area (Å²) in [6.45, 7) is 7.84. The summed E-state index contributed by atoms with van der Waals surface area (Å²) in [6.07, 6.45) is 1.58. The number of amides is 1. The van der Waals surface area contributed by atoms with E-state index in [1.165, 1.54) is 22.3 Å². The molecule has 0 saturated carbocycles. The Bertz CT molecular complexity index is 871. The van der Waals surface area contributed by atoms with Gasteiger partial charge in [0.15, 0.2) is 0 Å². The van der Waals surface area contributed by atoms with Gasteiger partial charge in [0.05, 0.1) is 6.21 Å². The van der Waals surface area contributed by atoms with Crippen molar-refractivity contribution >= 4 is 37.1 Å². The number of fused-ring (bicyclic) bond motifs is 3. The summed E-state index contributed by atoms with van der Waals surface area (Å²) in [5.41, 5.74) is 4.95. The van der Waals surface area contributed by atoms with Gasteiger partial charge in [-0.05, 0) is 36.1 Å². The van der Waals surface area contributed by atoms with Crippen LogP contribution in [0.15, 0.2) is 53.7 Å². The van der Waals surface area contributed by atoms with E-state index >= 15 is 0 Å². The van der Waals surface area contributed by atoms with E-state index in [1.807, 2.05) is 13.1 Å². The zero-order chi connectivity index (χ0) is 20.9. The van der Waals surface area contributed by atoms with Crippen molar-refractivity contribution in [2.45, 2.75) is 25.8 Å². The molecule has 1 saturated heterocycles. The lowest BCUT2D eigenvalue weighted by atomic mass is 9.98. The van der Waals surface area contributed by atoms with Crippen LogP contribution in [-0.4, -0.2) is 67.5 Å². The summed E-state index contributed by atoms with van der Waals surface area (Å²) >= 11 is 0. The summed E-state index contributed by atoms with van der Waals surface area (Å²) in [4.78, 5) is 21.8. The Morgan fingerprint density at radius 3 is 2.16 bits per heavy atom. The molecule has 0 aromatic heterocycles. The molecule has 1 unspecified atom stereocenters. The van der Waals surface area contributed by atoms with E-state index in [1.54, 1.807) is 4.90 Å². The maximum atomic E-state index is 12.7. The van der Waals surface area contributed by atoms with E-state index in [2.05, 4.69) is 65.5 Å². The zero-order valence-electron chi connectivity index (χ0n) is 18.5. The third-order valence-electron chi connectivity index (χ3n) is 5.96. The standard InChI is InChI=1S/C24H29N3O3.2ClH/c1-3-30-25-16-18(2)26-12-14-27(15-13-26)24(28)29-17-23-21-10-6-4-8-19(21)20-9-5-7-11-22(20)23;;/h4-11,16,18,23H,3,12-15,17H2,1-2H3;2*1H. The Hall–Kier alpha value is -2.28. The van der Waals surface area contributed by atoms with Gasteiger partial charge in [0, 0.05) is 38.1 Å². The van der Waals surface area contributed by atoms with E-state index in [4.69, 9.17) is 9.57 Å². The van der Waals surface area contributed by atoms with E-state index in [0.29, 0.717) is 26.3 Å². The topological polar surface area (TPSA) is 54.4 Å². The van der Waals surface area contributed by atoms with Crippen molar-refractivity contribution in [3.8, 4) is 11.1 Å². The van der Waals surface area contributed by atoms with Crippen LogP contribution in [0.4, 0.5) is 4.79 Å². The maximum absolute atomic E-state index is 12.7. The van der Waals surface area contributed by atoms with Gasteiger partial charge < -0.3 is 14.5 Å². The number of carbonyl (C=O) groups excluding carboxylic acids is 1. The molecule has 0 N–H and O–H groups in total. The molecule has 4 rings (SSSR count). The summed E-state index contributed by atoms with van der Waals surface area (Å²) in [7, 11) is 0. The fourth-order valence-corrected chi connectivity index (χ4v) is 4.30. The average molecular weight is 480 g/mol. The van der Waals surface area contributed by atoms with Gasteiger partial charge in [-0.2, -0.15) is 0 Å². The van der Waals surface area contributed by atoms with Gasteiger partial charge in [0.25, 0.3) is 0 Å². The second kappa shape index (κ2) is 12.1. The predicted molar refractivity (Wildman–Crippen MR) is 132 cm³/mol. The SMILES string of the molecule is CCON=CC(C)N1CCN(C(=O)OCC2c3ccccc3-c3ccccc32)CC1.Cl.Cl. The molecular weight excluding hydrogens is 449 g/mol. The highest BCUT2D eigenvalue weighted by molar-refractivity contribution is 5.85. The van der Waals surface area contributed by atoms with Gasteiger partial charge in [-0.25, -0.2) is 4.79 Å². The number of hydrogen-bond donors (Lipinski definition) is 0. The summed E-state index contributed by atoms with van der Waals surface area (Å²) < 4.78 is 5.78. The van der Waals surface area contributed by atoms with Gasteiger partial charge in [-0.1, -0.05) is 53.7 Å². The van der Waals surface area contributed by atoms with E-state index < -0.39 is 0 Å². The van der Waals surface area contributed by atoms with Crippen LogP contribution in [0.25, 0.3) is 11.1 Å². The molecule has 1 aliphatic carbocycles. The van der Waals surface area contributed by atoms with E-state index in [0.717, 1.165) is 13.1 Å². The first kappa shape index (κ1) is 26.0. The van der Waals surface area contributed by atoms with E-state index in [9.17, 15) is 4.79 Å². The lowest BCUT2D eigenvalue weighted by molar-refractivity contribution is 0.0712. The Labute approximate surface area is 202 Å². The number of carbonyl (C=O) groups is 1. The van der Waals surface area contributed by atoms with Crippen molar-refractivity contribution in [2.24, 2.45) is 5.16 Å². The molecule has 0 bridgehead atoms. The van der Waals surface area contributed by atoms with Crippen LogP contribution in [0, 0.1) is 0 Å². The molecular formula is C24H31Cl2N3O3. The average Bonchev–Trinajstić information content (AvgIpc) is 3.11. The predicted octanol–water partition coefficient (Wildman–Crippen LogP) is 4.81. The normalized spacial score (nSPS) is 16.5. The van der Waals surface area contributed by atoms with Crippen molar-refractivity contribution < 1.29 is 14.4 Å². The number of benzene rings is 2. The highest BCUT2D eigenvalue weighted by Gasteiger charge is 2.30. The van der Waals surface area contributed by atoms with Gasteiger partial charge >= 0.3 is 6.09 Å². The fraction of sp³-hybridized carbons (Fsp3) is 0.417. The Morgan fingerprint density at radius 1 is 1.03 bits per heavy atom. The first-order valence-electron chi connectivity index (χ1n) is 10.7. The molecule has 1 amide bonds. The molecule has 1 fully saturated rings. The van der Waals surface area contributed by atoms with Gasteiger partial charge in [0.1, 0.15) is 13.2 Å². The van der Waals surface area contributed by atoms with Crippen molar-refractivity contribution in [3.05, 3.63) is 59.7 Å². The number of piperazine rings is 1. The first-order valence-corrected chi connectivity index (χ1v) is 10.7. The minimum atomic E-state index is -0.229. The first-order chi connectivity index (χ1) is 14.7. The van der Waals surface area contributed by atoms with E-state index in [-0.39, 0.29) is 42.9 Å². The van der Waals surface area contributed by atoms with Crippen molar-refractivity contribution in [2.75, 3.05) is 39.4 Å². The maximum Gasteiger partial charge on any atom is 0.409 e. The van der Waals surface area contributed by atoms with Crippen LogP contribution in [0.1, 0.15) is 30.9 Å². The monoisotopic (exact) mass is 479 g/mol. The smallest absolute Gasteiger partial charge is 0.409 e. The van der Waals surface area contributed by atoms with Crippen molar-refractivity contribution in [1.82, 2.24) is 9.80 Å². The summed E-state index contributed by atoms with van der Waals surface area (Å²) in [5.74, 6) is 0.0949. The number of oxime groups is 1. The molecule has 2 aliphatic rings. The van der Waals surface area contributed by atoms with Crippen LogP contribution in [0.5, 0.6) is 0 Å². The quantitative estimate of drug-likeness (QED) is 0.440. The number of halogens is 2. The molecule has 0 radical (unpaired) electrons. The van der Waals surface area contributed by atoms with Crippen LogP contribution < -0.4 is 0 Å². The molecule has 174 valence electrons. The Morgan fingerprint density at radius 2 is 1.59 bits per heavy atom. The minimum absolute atomic E-state index is 0. The number of ether oxygens (including phenoxy) is 1. The molecule has 1 atom stereocenters. The van der Waals surface area contributed by atoms with Gasteiger partial charge in [-0.3, -0.25) is 4.90 Å². The summed E-state index contributed by atoms with van der Waals surface area (Å²) in [5, 5.41) is 3.96. The highest BCUT2D eigenvalue weighted by atomic mass is 35.5. The fourth-order valence-electron chi connectivity index (χ4n) is 4.30. The highest BCUT2D eigenvalue weighted by Crippen LogP contribution is 2.44. The molecule has 2 aromatic rings. The number of hydrogen-bond acceptors (Lipinski definition) is 5. The molecule has 6 nitrogen and oxygen atoms in total. The molecule has 2 aromatic carbocycles. The minimum Gasteiger partial charge on any atom is -0.448 e. The van der Waals surface area contributed by atoms with Gasteiger partial charge in [-0.15, -0.1) is 24.8 Å². The number of nitrogens with zero attached hydrogens (tertiary/aromatic N) is 3. The lowest BCUT2D eigenvalue weighted by Gasteiger charge is -2.36. The second-order valence-corrected chi connectivity index (χ2v) is 7.74. The lowest BCUT2D eigenvalue weighted by Crippen LogP contribution is -2.51. The molecule has 1 heterocycles. The van der Waals surface area contributed by atoms with Crippen LogP contribution >= 0.6 is 24.8 Å². The van der Waals surface area contributed by atoms with Crippen LogP contribution in [0.3, 0.4) is 0 Å². The van der Waals surface area contributed by atoms with Crippen molar-refractivity contribution in [3.63, 3.8) is 0 Å². The third-order valence-corrected chi connectivity index (χ3v) is 5.96. The largest absolute Gasteiger partial charge is 0.448 e. The molecule has 8 heteroatoms. The van der Waals surface area contributed by atoms with Gasteiger partial charge in [0.2, 0.25) is 0 Å².